The second-order valence-corrected chi connectivity index (χ2v) is 5.02. The lowest BCUT2D eigenvalue weighted by molar-refractivity contribution is -0.384. The van der Waals surface area contributed by atoms with Gasteiger partial charge in [0.15, 0.2) is 0 Å². The molecule has 1 aromatic carbocycles. The van der Waals surface area contributed by atoms with E-state index in [1.807, 2.05) is 19.9 Å². The molecular weight excluding hydrogens is 260 g/mol. The maximum absolute atomic E-state index is 10.7. The van der Waals surface area contributed by atoms with Crippen LogP contribution in [0.5, 0.6) is 5.75 Å². The Bertz CT molecular complexity index is 543. The minimum absolute atomic E-state index is 0.0395. The van der Waals surface area contributed by atoms with Crippen molar-refractivity contribution in [2.24, 2.45) is 0 Å². The Balaban J connectivity index is 2.17. The molecule has 0 N–H and O–H groups in total. The number of rotatable bonds is 3. The summed E-state index contributed by atoms with van der Waals surface area (Å²) in [7, 11) is 0. The number of benzene rings is 1. The molecular formula is C14H16N2O4. The van der Waals surface area contributed by atoms with Crippen molar-refractivity contribution in [2.75, 3.05) is 0 Å². The van der Waals surface area contributed by atoms with Gasteiger partial charge in [0.05, 0.1) is 17.1 Å². The fourth-order valence-electron chi connectivity index (χ4n) is 2.44. The molecule has 2 unspecified atom stereocenters. The summed E-state index contributed by atoms with van der Waals surface area (Å²) in [5, 5.41) is 19.8. The molecule has 2 atom stereocenters. The first kappa shape index (κ1) is 14.3. The summed E-state index contributed by atoms with van der Waals surface area (Å²) in [5.41, 5.74) is 0.0774. The number of non-ortho nitro benzene ring substituents is 1. The Hall–Kier alpha value is -2.13. The molecule has 1 aromatic rings. The van der Waals surface area contributed by atoms with Crippen LogP contribution in [-0.2, 0) is 4.74 Å². The zero-order valence-corrected chi connectivity index (χ0v) is 11.4. The van der Waals surface area contributed by atoms with E-state index in [2.05, 4.69) is 0 Å². The van der Waals surface area contributed by atoms with Gasteiger partial charge in [0, 0.05) is 25.0 Å². The van der Waals surface area contributed by atoms with Crippen molar-refractivity contribution in [1.29, 1.82) is 5.26 Å². The smallest absolute Gasteiger partial charge is 0.271 e. The van der Waals surface area contributed by atoms with E-state index in [1.54, 1.807) is 0 Å². The molecule has 0 radical (unpaired) electrons. The topological polar surface area (TPSA) is 85.4 Å². The summed E-state index contributed by atoms with van der Waals surface area (Å²) in [6.45, 7) is 3.96. The van der Waals surface area contributed by atoms with Crippen LogP contribution in [0, 0.1) is 21.4 Å². The monoisotopic (exact) mass is 276 g/mol. The minimum Gasteiger partial charge on any atom is -0.489 e. The fraction of sp³-hybridized carbons (Fsp3) is 0.500. The molecule has 106 valence electrons. The van der Waals surface area contributed by atoms with E-state index < -0.39 is 4.92 Å². The third-order valence-corrected chi connectivity index (χ3v) is 3.24. The van der Waals surface area contributed by atoms with Crippen LogP contribution in [0.25, 0.3) is 0 Å². The highest BCUT2D eigenvalue weighted by Gasteiger charge is 2.26. The van der Waals surface area contributed by atoms with Crippen molar-refractivity contribution in [1.82, 2.24) is 0 Å². The molecule has 0 aliphatic carbocycles. The van der Waals surface area contributed by atoms with Crippen molar-refractivity contribution in [3.05, 3.63) is 33.9 Å². The Morgan fingerprint density at radius 3 is 2.60 bits per heavy atom. The molecule has 1 heterocycles. The van der Waals surface area contributed by atoms with E-state index in [4.69, 9.17) is 14.7 Å². The zero-order chi connectivity index (χ0) is 14.7. The second kappa shape index (κ2) is 5.88. The van der Waals surface area contributed by atoms with Gasteiger partial charge in [0.1, 0.15) is 23.5 Å². The third-order valence-electron chi connectivity index (χ3n) is 3.24. The van der Waals surface area contributed by atoms with Crippen LogP contribution >= 0.6 is 0 Å². The van der Waals surface area contributed by atoms with Gasteiger partial charge in [0.25, 0.3) is 5.69 Å². The first-order valence-corrected chi connectivity index (χ1v) is 6.50. The van der Waals surface area contributed by atoms with Gasteiger partial charge < -0.3 is 9.47 Å². The van der Waals surface area contributed by atoms with Crippen LogP contribution in [-0.4, -0.2) is 23.2 Å². The number of hydrogen-bond donors (Lipinski definition) is 0. The van der Waals surface area contributed by atoms with Crippen LogP contribution in [0.1, 0.15) is 32.3 Å². The number of nitriles is 1. The predicted octanol–water partition coefficient (Wildman–Crippen LogP) is 2.80. The lowest BCUT2D eigenvalue weighted by Gasteiger charge is -2.32. The van der Waals surface area contributed by atoms with Gasteiger partial charge in [-0.3, -0.25) is 10.1 Å². The third kappa shape index (κ3) is 3.25. The van der Waals surface area contributed by atoms with Gasteiger partial charge in [-0.2, -0.15) is 5.26 Å². The summed E-state index contributed by atoms with van der Waals surface area (Å²) in [6.07, 6.45) is 1.65. The number of hydrogen-bond acceptors (Lipinski definition) is 5. The maximum Gasteiger partial charge on any atom is 0.271 e. The van der Waals surface area contributed by atoms with Gasteiger partial charge in [-0.05, 0) is 19.9 Å². The Kier molecular flexibility index (Phi) is 4.20. The average molecular weight is 276 g/mol. The number of nitro groups is 1. The fourth-order valence-corrected chi connectivity index (χ4v) is 2.44. The van der Waals surface area contributed by atoms with E-state index in [-0.39, 0.29) is 29.6 Å². The quantitative estimate of drug-likeness (QED) is 0.626. The molecule has 20 heavy (non-hydrogen) atoms. The Morgan fingerprint density at radius 1 is 1.40 bits per heavy atom. The predicted molar refractivity (Wildman–Crippen MR) is 71.5 cm³/mol. The number of nitro benzene ring substituents is 1. The lowest BCUT2D eigenvalue weighted by Crippen LogP contribution is -2.35. The largest absolute Gasteiger partial charge is 0.489 e. The van der Waals surface area contributed by atoms with Gasteiger partial charge in [0.2, 0.25) is 0 Å². The zero-order valence-electron chi connectivity index (χ0n) is 11.4. The molecule has 0 aromatic heterocycles. The average Bonchev–Trinajstić information content (AvgIpc) is 2.37. The highest BCUT2D eigenvalue weighted by Crippen LogP contribution is 2.28. The summed E-state index contributed by atoms with van der Waals surface area (Å²) in [5.74, 6) is 0.393. The SMILES string of the molecule is CC1CC(Oc2ccc([N+](=O)[O-])cc2C#N)CC(C)O1. The number of ether oxygens (including phenoxy) is 2. The summed E-state index contributed by atoms with van der Waals surface area (Å²) < 4.78 is 11.5. The van der Waals surface area contributed by atoms with Crippen molar-refractivity contribution >= 4 is 5.69 Å². The van der Waals surface area contributed by atoms with Crippen molar-refractivity contribution in [3.63, 3.8) is 0 Å². The first-order chi connectivity index (χ1) is 9.49. The van der Waals surface area contributed by atoms with Crippen molar-refractivity contribution < 1.29 is 14.4 Å². The van der Waals surface area contributed by atoms with Crippen molar-refractivity contribution in [3.8, 4) is 11.8 Å². The van der Waals surface area contributed by atoms with Gasteiger partial charge in [-0.25, -0.2) is 0 Å². The second-order valence-electron chi connectivity index (χ2n) is 5.02. The highest BCUT2D eigenvalue weighted by atomic mass is 16.6. The number of nitrogens with zero attached hydrogens (tertiary/aromatic N) is 2. The van der Waals surface area contributed by atoms with Gasteiger partial charge >= 0.3 is 0 Å². The van der Waals surface area contributed by atoms with E-state index >= 15 is 0 Å². The summed E-state index contributed by atoms with van der Waals surface area (Å²) in [4.78, 5) is 10.2. The summed E-state index contributed by atoms with van der Waals surface area (Å²) in [6, 6.07) is 6.02. The Morgan fingerprint density at radius 2 is 2.05 bits per heavy atom. The normalized spacial score (nSPS) is 25.8. The van der Waals surface area contributed by atoms with E-state index in [0.717, 1.165) is 12.8 Å². The minimum atomic E-state index is -0.525. The molecule has 6 nitrogen and oxygen atoms in total. The molecule has 1 aliphatic heterocycles. The van der Waals surface area contributed by atoms with Crippen molar-refractivity contribution in [2.45, 2.75) is 45.0 Å². The standard InChI is InChI=1S/C14H16N2O4/c1-9-5-13(6-10(2)19-9)20-14-4-3-12(16(17)18)7-11(14)8-15/h3-4,7,9-10,13H,5-6H2,1-2H3. The molecule has 0 saturated carbocycles. The van der Waals surface area contributed by atoms with Crippen LogP contribution < -0.4 is 4.74 Å². The van der Waals surface area contributed by atoms with E-state index in [9.17, 15) is 10.1 Å². The van der Waals surface area contributed by atoms with Crippen LogP contribution in [0.4, 0.5) is 5.69 Å². The molecule has 1 saturated heterocycles. The molecule has 2 rings (SSSR count). The first-order valence-electron chi connectivity index (χ1n) is 6.50. The summed E-state index contributed by atoms with van der Waals surface area (Å²) >= 11 is 0. The van der Waals surface area contributed by atoms with Crippen LogP contribution in [0.2, 0.25) is 0 Å². The van der Waals surface area contributed by atoms with Gasteiger partial charge in [-0.15, -0.1) is 0 Å². The molecule has 0 amide bonds. The molecule has 1 fully saturated rings. The molecule has 1 aliphatic rings. The van der Waals surface area contributed by atoms with Crippen LogP contribution in [0.15, 0.2) is 18.2 Å². The maximum atomic E-state index is 10.7. The van der Waals surface area contributed by atoms with Gasteiger partial charge in [-0.1, -0.05) is 0 Å². The van der Waals surface area contributed by atoms with E-state index in [0.29, 0.717) is 5.75 Å². The van der Waals surface area contributed by atoms with E-state index in [1.165, 1.54) is 18.2 Å². The molecule has 0 spiro atoms. The lowest BCUT2D eigenvalue weighted by atomic mass is 10.0. The Labute approximate surface area is 117 Å². The molecule has 6 heteroatoms. The van der Waals surface area contributed by atoms with Crippen LogP contribution in [0.3, 0.4) is 0 Å². The highest BCUT2D eigenvalue weighted by molar-refractivity contribution is 5.50. The molecule has 0 bridgehead atoms.